The molecular formula is C16H21NO3. The molecule has 0 aliphatic carbocycles. The lowest BCUT2D eigenvalue weighted by atomic mass is 10.2. The number of pyridine rings is 1. The average Bonchev–Trinajstić information content (AvgIpc) is 2.42. The summed E-state index contributed by atoms with van der Waals surface area (Å²) in [5.41, 5.74) is 1.79. The van der Waals surface area contributed by atoms with Gasteiger partial charge in [-0.15, -0.1) is 0 Å². The number of rotatable bonds is 6. The molecule has 108 valence electrons. The fraction of sp³-hybridized carbons (Fsp3) is 0.438. The molecule has 0 aliphatic rings. The molecule has 0 amide bonds. The van der Waals surface area contributed by atoms with Gasteiger partial charge in [-0.05, 0) is 32.9 Å². The van der Waals surface area contributed by atoms with Crippen LogP contribution >= 0.6 is 0 Å². The van der Waals surface area contributed by atoms with Gasteiger partial charge in [-0.3, -0.25) is 4.98 Å². The quantitative estimate of drug-likeness (QED) is 0.880. The van der Waals surface area contributed by atoms with E-state index in [0.29, 0.717) is 0 Å². The van der Waals surface area contributed by atoms with E-state index >= 15 is 0 Å². The normalized spacial score (nSPS) is 12.8. The molecule has 0 aliphatic heterocycles. The Labute approximate surface area is 119 Å². The van der Waals surface area contributed by atoms with Crippen LogP contribution in [0.15, 0.2) is 30.3 Å². The van der Waals surface area contributed by atoms with Crippen molar-refractivity contribution < 1.29 is 14.6 Å². The van der Waals surface area contributed by atoms with Crippen LogP contribution in [0.3, 0.4) is 0 Å². The van der Waals surface area contributed by atoms with Crippen LogP contribution in [0, 0.1) is 6.92 Å². The Kier molecular flexibility index (Phi) is 4.93. The SMILES string of the molecule is Cc1cc(OC[C@H](O)COC(C)C)c2ccccc2n1. The van der Waals surface area contributed by atoms with Gasteiger partial charge in [0.15, 0.2) is 0 Å². The largest absolute Gasteiger partial charge is 0.490 e. The van der Waals surface area contributed by atoms with Crippen LogP contribution in [0.4, 0.5) is 0 Å². The third-order valence-corrected chi connectivity index (χ3v) is 2.86. The van der Waals surface area contributed by atoms with E-state index in [-0.39, 0.29) is 19.3 Å². The molecule has 0 radical (unpaired) electrons. The van der Waals surface area contributed by atoms with Gasteiger partial charge >= 0.3 is 0 Å². The van der Waals surface area contributed by atoms with Gasteiger partial charge in [-0.25, -0.2) is 0 Å². The minimum absolute atomic E-state index is 0.105. The van der Waals surface area contributed by atoms with Gasteiger partial charge in [-0.1, -0.05) is 12.1 Å². The number of ether oxygens (including phenoxy) is 2. The summed E-state index contributed by atoms with van der Waals surface area (Å²) < 4.78 is 11.1. The first kappa shape index (κ1) is 14.8. The summed E-state index contributed by atoms with van der Waals surface area (Å²) in [5, 5.41) is 10.8. The molecule has 0 saturated carbocycles. The molecule has 1 aromatic carbocycles. The number of nitrogens with zero attached hydrogens (tertiary/aromatic N) is 1. The Morgan fingerprint density at radius 3 is 2.70 bits per heavy atom. The van der Waals surface area contributed by atoms with E-state index in [1.54, 1.807) is 0 Å². The van der Waals surface area contributed by atoms with Crippen molar-refractivity contribution >= 4 is 10.9 Å². The molecular weight excluding hydrogens is 254 g/mol. The number of hydrogen-bond acceptors (Lipinski definition) is 4. The highest BCUT2D eigenvalue weighted by Crippen LogP contribution is 2.25. The zero-order valence-corrected chi connectivity index (χ0v) is 12.2. The zero-order valence-electron chi connectivity index (χ0n) is 12.2. The van der Waals surface area contributed by atoms with Gasteiger partial charge < -0.3 is 14.6 Å². The highest BCUT2D eigenvalue weighted by atomic mass is 16.5. The van der Waals surface area contributed by atoms with Crippen LogP contribution < -0.4 is 4.74 Å². The maximum atomic E-state index is 9.84. The maximum Gasteiger partial charge on any atom is 0.130 e. The zero-order chi connectivity index (χ0) is 14.5. The maximum absolute atomic E-state index is 9.84. The van der Waals surface area contributed by atoms with E-state index in [0.717, 1.165) is 22.3 Å². The Morgan fingerprint density at radius 1 is 1.20 bits per heavy atom. The highest BCUT2D eigenvalue weighted by molar-refractivity contribution is 5.85. The predicted molar refractivity (Wildman–Crippen MR) is 79.1 cm³/mol. The number of hydrogen-bond donors (Lipinski definition) is 1. The molecule has 0 fully saturated rings. The fourth-order valence-electron chi connectivity index (χ4n) is 1.93. The second kappa shape index (κ2) is 6.68. The first-order valence-electron chi connectivity index (χ1n) is 6.85. The number of benzene rings is 1. The van der Waals surface area contributed by atoms with Gasteiger partial charge in [0.2, 0.25) is 0 Å². The second-order valence-corrected chi connectivity index (χ2v) is 5.13. The van der Waals surface area contributed by atoms with E-state index in [9.17, 15) is 5.11 Å². The molecule has 0 spiro atoms. The Bertz CT molecular complexity index is 569. The molecule has 0 saturated heterocycles. The summed E-state index contributed by atoms with van der Waals surface area (Å²) in [7, 11) is 0. The van der Waals surface area contributed by atoms with Crippen LogP contribution in [0.25, 0.3) is 10.9 Å². The van der Waals surface area contributed by atoms with E-state index in [2.05, 4.69) is 4.98 Å². The van der Waals surface area contributed by atoms with Crippen molar-refractivity contribution in [1.29, 1.82) is 0 Å². The topological polar surface area (TPSA) is 51.6 Å². The summed E-state index contributed by atoms with van der Waals surface area (Å²) in [6.07, 6.45) is -0.529. The summed E-state index contributed by atoms with van der Waals surface area (Å²) in [6, 6.07) is 9.70. The molecule has 1 N–H and O–H groups in total. The lowest BCUT2D eigenvalue weighted by Gasteiger charge is -2.15. The number of fused-ring (bicyclic) bond motifs is 1. The van der Waals surface area contributed by atoms with Crippen molar-refractivity contribution in [2.24, 2.45) is 0 Å². The standard InChI is InChI=1S/C16H21NO3/c1-11(2)19-9-13(18)10-20-16-8-12(3)17-15-7-5-4-6-14(15)16/h4-8,11,13,18H,9-10H2,1-3H3/t13-/m1/s1. The van der Waals surface area contributed by atoms with Crippen LogP contribution in [-0.2, 0) is 4.74 Å². The van der Waals surface area contributed by atoms with Gasteiger partial charge in [0, 0.05) is 17.1 Å². The van der Waals surface area contributed by atoms with Gasteiger partial charge in [0.25, 0.3) is 0 Å². The Balaban J connectivity index is 2.06. The van der Waals surface area contributed by atoms with E-state index in [4.69, 9.17) is 9.47 Å². The van der Waals surface area contributed by atoms with Crippen LogP contribution in [0.5, 0.6) is 5.75 Å². The van der Waals surface area contributed by atoms with E-state index in [1.807, 2.05) is 51.1 Å². The minimum atomic E-state index is -0.635. The third kappa shape index (κ3) is 3.92. The number of aliphatic hydroxyl groups excluding tert-OH is 1. The summed E-state index contributed by atoms with van der Waals surface area (Å²) >= 11 is 0. The molecule has 0 bridgehead atoms. The first-order valence-corrected chi connectivity index (χ1v) is 6.85. The Hall–Kier alpha value is -1.65. The van der Waals surface area contributed by atoms with Crippen molar-refractivity contribution in [3.63, 3.8) is 0 Å². The smallest absolute Gasteiger partial charge is 0.130 e. The molecule has 4 heteroatoms. The number of aliphatic hydroxyl groups is 1. The van der Waals surface area contributed by atoms with Crippen LogP contribution in [-0.4, -0.2) is 35.5 Å². The molecule has 1 atom stereocenters. The van der Waals surface area contributed by atoms with E-state index in [1.165, 1.54) is 0 Å². The predicted octanol–water partition coefficient (Wildman–Crippen LogP) is 2.71. The number of para-hydroxylation sites is 1. The van der Waals surface area contributed by atoms with Crippen LogP contribution in [0.2, 0.25) is 0 Å². The monoisotopic (exact) mass is 275 g/mol. The van der Waals surface area contributed by atoms with Crippen molar-refractivity contribution in [1.82, 2.24) is 4.98 Å². The van der Waals surface area contributed by atoms with Gasteiger partial charge in [-0.2, -0.15) is 0 Å². The van der Waals surface area contributed by atoms with Crippen molar-refractivity contribution in [3.05, 3.63) is 36.0 Å². The van der Waals surface area contributed by atoms with Crippen molar-refractivity contribution in [2.45, 2.75) is 33.0 Å². The van der Waals surface area contributed by atoms with E-state index < -0.39 is 6.10 Å². The fourth-order valence-corrected chi connectivity index (χ4v) is 1.93. The third-order valence-electron chi connectivity index (χ3n) is 2.86. The number of aromatic nitrogens is 1. The lowest BCUT2D eigenvalue weighted by molar-refractivity contribution is -0.0120. The lowest BCUT2D eigenvalue weighted by Crippen LogP contribution is -2.25. The number of aryl methyl sites for hydroxylation is 1. The molecule has 0 unspecified atom stereocenters. The van der Waals surface area contributed by atoms with Crippen molar-refractivity contribution in [2.75, 3.05) is 13.2 Å². The second-order valence-electron chi connectivity index (χ2n) is 5.13. The summed E-state index contributed by atoms with van der Waals surface area (Å²) in [4.78, 5) is 4.46. The molecule has 1 heterocycles. The molecule has 4 nitrogen and oxygen atoms in total. The van der Waals surface area contributed by atoms with Crippen LogP contribution in [0.1, 0.15) is 19.5 Å². The first-order chi connectivity index (χ1) is 9.56. The molecule has 2 aromatic rings. The average molecular weight is 275 g/mol. The minimum Gasteiger partial charge on any atom is -0.490 e. The summed E-state index contributed by atoms with van der Waals surface area (Å²) in [6.45, 7) is 6.29. The molecule has 20 heavy (non-hydrogen) atoms. The van der Waals surface area contributed by atoms with Crippen molar-refractivity contribution in [3.8, 4) is 5.75 Å². The molecule has 1 aromatic heterocycles. The summed E-state index contributed by atoms with van der Waals surface area (Å²) in [5.74, 6) is 0.747. The Morgan fingerprint density at radius 2 is 1.95 bits per heavy atom. The van der Waals surface area contributed by atoms with Gasteiger partial charge in [0.1, 0.15) is 18.5 Å². The highest BCUT2D eigenvalue weighted by Gasteiger charge is 2.09. The molecule has 2 rings (SSSR count). The van der Waals surface area contributed by atoms with Gasteiger partial charge in [0.05, 0.1) is 18.2 Å².